The Labute approximate surface area is 95.5 Å². The first kappa shape index (κ1) is 12.7. The molecule has 1 unspecified atom stereocenters. The van der Waals surface area contributed by atoms with E-state index in [9.17, 15) is 5.11 Å². The SMILES string of the molecule is CCc1cc(N[C@H](O)C(C)O)cnc1NC. The van der Waals surface area contributed by atoms with Crippen LogP contribution in [0.3, 0.4) is 0 Å². The summed E-state index contributed by atoms with van der Waals surface area (Å²) in [6.07, 6.45) is 0.668. The zero-order valence-corrected chi connectivity index (χ0v) is 9.86. The Bertz CT molecular complexity index is 342. The lowest BCUT2D eigenvalue weighted by Gasteiger charge is -2.17. The second-order valence-electron chi connectivity index (χ2n) is 3.67. The summed E-state index contributed by atoms with van der Waals surface area (Å²) in [6, 6.07) is 1.91. The van der Waals surface area contributed by atoms with Crippen LogP contribution >= 0.6 is 0 Å². The summed E-state index contributed by atoms with van der Waals surface area (Å²) in [7, 11) is 1.82. The van der Waals surface area contributed by atoms with Gasteiger partial charge in [0, 0.05) is 7.05 Å². The van der Waals surface area contributed by atoms with Crippen molar-refractivity contribution in [2.45, 2.75) is 32.6 Å². The van der Waals surface area contributed by atoms with E-state index in [2.05, 4.69) is 15.6 Å². The first-order valence-electron chi connectivity index (χ1n) is 5.37. The molecule has 0 aliphatic heterocycles. The van der Waals surface area contributed by atoms with Gasteiger partial charge in [0.05, 0.1) is 18.0 Å². The molecule has 1 aromatic rings. The average Bonchev–Trinajstić information content (AvgIpc) is 2.28. The van der Waals surface area contributed by atoms with Gasteiger partial charge in [-0.3, -0.25) is 0 Å². The highest BCUT2D eigenvalue weighted by molar-refractivity contribution is 5.53. The van der Waals surface area contributed by atoms with Crippen LogP contribution in [-0.4, -0.2) is 34.6 Å². The summed E-state index contributed by atoms with van der Waals surface area (Å²) >= 11 is 0. The lowest BCUT2D eigenvalue weighted by Crippen LogP contribution is -2.30. The van der Waals surface area contributed by atoms with E-state index in [1.807, 2.05) is 20.0 Å². The summed E-state index contributed by atoms with van der Waals surface area (Å²) in [5.74, 6) is 0.833. The van der Waals surface area contributed by atoms with Crippen molar-refractivity contribution in [2.24, 2.45) is 0 Å². The van der Waals surface area contributed by atoms with Gasteiger partial charge in [0.15, 0.2) is 0 Å². The molecule has 5 heteroatoms. The predicted molar refractivity (Wildman–Crippen MR) is 64.5 cm³/mol. The molecule has 0 fully saturated rings. The van der Waals surface area contributed by atoms with Crippen LogP contribution in [0.5, 0.6) is 0 Å². The van der Waals surface area contributed by atoms with Crippen molar-refractivity contribution >= 4 is 11.5 Å². The van der Waals surface area contributed by atoms with E-state index < -0.39 is 12.3 Å². The van der Waals surface area contributed by atoms with E-state index in [0.717, 1.165) is 17.8 Å². The molecule has 5 nitrogen and oxygen atoms in total. The summed E-state index contributed by atoms with van der Waals surface area (Å²) in [5, 5.41) is 24.4. The van der Waals surface area contributed by atoms with Crippen molar-refractivity contribution in [3.63, 3.8) is 0 Å². The lowest BCUT2D eigenvalue weighted by atomic mass is 10.2. The molecular formula is C11H19N3O2. The van der Waals surface area contributed by atoms with Crippen molar-refractivity contribution in [3.05, 3.63) is 17.8 Å². The summed E-state index contributed by atoms with van der Waals surface area (Å²) in [5.41, 5.74) is 1.76. The van der Waals surface area contributed by atoms with Gasteiger partial charge >= 0.3 is 0 Å². The number of hydrogen-bond acceptors (Lipinski definition) is 5. The third-order valence-corrected chi connectivity index (χ3v) is 2.36. The number of rotatable bonds is 5. The molecule has 1 aromatic heterocycles. The molecule has 0 bridgehead atoms. The molecule has 0 radical (unpaired) electrons. The Morgan fingerprint density at radius 2 is 2.12 bits per heavy atom. The smallest absolute Gasteiger partial charge is 0.150 e. The minimum atomic E-state index is -0.980. The molecule has 0 spiro atoms. The maximum Gasteiger partial charge on any atom is 0.150 e. The largest absolute Gasteiger partial charge is 0.389 e. The topological polar surface area (TPSA) is 77.4 Å². The molecule has 4 N–H and O–H groups in total. The lowest BCUT2D eigenvalue weighted by molar-refractivity contribution is 0.0497. The number of aryl methyl sites for hydroxylation is 1. The highest BCUT2D eigenvalue weighted by Gasteiger charge is 2.11. The van der Waals surface area contributed by atoms with Crippen LogP contribution in [0.25, 0.3) is 0 Å². The fraction of sp³-hybridized carbons (Fsp3) is 0.545. The zero-order chi connectivity index (χ0) is 12.1. The summed E-state index contributed by atoms with van der Waals surface area (Å²) in [6.45, 7) is 3.56. The molecule has 90 valence electrons. The van der Waals surface area contributed by atoms with E-state index in [1.165, 1.54) is 6.92 Å². The van der Waals surface area contributed by atoms with Gasteiger partial charge in [-0.1, -0.05) is 6.92 Å². The van der Waals surface area contributed by atoms with Crippen molar-refractivity contribution in [1.29, 1.82) is 0 Å². The van der Waals surface area contributed by atoms with Crippen molar-refractivity contribution in [1.82, 2.24) is 4.98 Å². The number of aliphatic hydroxyl groups excluding tert-OH is 2. The number of aliphatic hydroxyl groups is 2. The van der Waals surface area contributed by atoms with Crippen molar-refractivity contribution in [2.75, 3.05) is 17.7 Å². The van der Waals surface area contributed by atoms with Crippen LogP contribution in [0.15, 0.2) is 12.3 Å². The minimum absolute atomic E-state index is 0.698. The highest BCUT2D eigenvalue weighted by Crippen LogP contribution is 2.18. The monoisotopic (exact) mass is 225 g/mol. The molecule has 16 heavy (non-hydrogen) atoms. The van der Waals surface area contributed by atoms with Gasteiger partial charge in [-0.25, -0.2) is 4.98 Å². The molecule has 2 atom stereocenters. The molecule has 0 amide bonds. The second-order valence-corrected chi connectivity index (χ2v) is 3.67. The highest BCUT2D eigenvalue weighted by atomic mass is 16.3. The standard InChI is InChI=1S/C11H19N3O2/c1-4-8-5-9(6-13-10(8)12-3)14-11(16)7(2)15/h5-7,11,14-16H,4H2,1-3H3,(H,12,13)/t7?,11-/m1/s1. The number of pyridine rings is 1. The third kappa shape index (κ3) is 3.08. The Kier molecular flexibility index (Phi) is 4.52. The molecule has 1 rings (SSSR count). The quantitative estimate of drug-likeness (QED) is 0.557. The Hall–Kier alpha value is -1.33. The van der Waals surface area contributed by atoms with Crippen LogP contribution in [0.2, 0.25) is 0 Å². The fourth-order valence-electron chi connectivity index (χ4n) is 1.38. The van der Waals surface area contributed by atoms with Crippen LogP contribution < -0.4 is 10.6 Å². The molecule has 0 aliphatic rings. The van der Waals surface area contributed by atoms with Crippen LogP contribution in [0, 0.1) is 0 Å². The third-order valence-electron chi connectivity index (χ3n) is 2.36. The van der Waals surface area contributed by atoms with Gasteiger partial charge in [-0.05, 0) is 25.0 Å². The summed E-state index contributed by atoms with van der Waals surface area (Å²) < 4.78 is 0. The number of nitrogens with one attached hydrogen (secondary N) is 2. The maximum atomic E-state index is 9.47. The van der Waals surface area contributed by atoms with Gasteiger partial charge in [0.2, 0.25) is 0 Å². The van der Waals surface area contributed by atoms with Gasteiger partial charge in [0.25, 0.3) is 0 Å². The molecule has 1 heterocycles. The molecule has 0 aromatic carbocycles. The van der Waals surface area contributed by atoms with Gasteiger partial charge in [-0.15, -0.1) is 0 Å². The first-order valence-corrected chi connectivity index (χ1v) is 5.37. The van der Waals surface area contributed by atoms with E-state index in [-0.39, 0.29) is 0 Å². The summed E-state index contributed by atoms with van der Waals surface area (Å²) in [4.78, 5) is 4.21. The average molecular weight is 225 g/mol. The van der Waals surface area contributed by atoms with Gasteiger partial charge in [0.1, 0.15) is 12.0 Å². The Balaban J connectivity index is 2.82. The van der Waals surface area contributed by atoms with Crippen molar-refractivity contribution in [3.8, 4) is 0 Å². The number of aromatic nitrogens is 1. The Morgan fingerprint density at radius 3 is 2.62 bits per heavy atom. The van der Waals surface area contributed by atoms with E-state index in [0.29, 0.717) is 5.69 Å². The van der Waals surface area contributed by atoms with Gasteiger partial charge in [-0.2, -0.15) is 0 Å². The number of nitrogens with zero attached hydrogens (tertiary/aromatic N) is 1. The minimum Gasteiger partial charge on any atom is -0.389 e. The predicted octanol–water partition coefficient (Wildman–Crippen LogP) is 0.797. The Morgan fingerprint density at radius 1 is 1.44 bits per heavy atom. The molecular weight excluding hydrogens is 206 g/mol. The van der Waals surface area contributed by atoms with Crippen LogP contribution in [0.1, 0.15) is 19.4 Å². The number of hydrogen-bond donors (Lipinski definition) is 4. The number of anilines is 2. The fourth-order valence-corrected chi connectivity index (χ4v) is 1.38. The van der Waals surface area contributed by atoms with E-state index >= 15 is 0 Å². The maximum absolute atomic E-state index is 9.47. The van der Waals surface area contributed by atoms with Gasteiger partial charge < -0.3 is 20.8 Å². The first-order chi connectivity index (χ1) is 7.58. The zero-order valence-electron chi connectivity index (χ0n) is 9.86. The normalized spacial score (nSPS) is 14.3. The van der Waals surface area contributed by atoms with E-state index in [1.54, 1.807) is 6.20 Å². The second kappa shape index (κ2) is 5.67. The molecule has 0 aliphatic carbocycles. The van der Waals surface area contributed by atoms with Crippen LogP contribution in [-0.2, 0) is 6.42 Å². The van der Waals surface area contributed by atoms with Crippen molar-refractivity contribution < 1.29 is 10.2 Å². The molecule has 0 saturated carbocycles. The van der Waals surface area contributed by atoms with E-state index in [4.69, 9.17) is 5.11 Å². The van der Waals surface area contributed by atoms with Crippen LogP contribution in [0.4, 0.5) is 11.5 Å². The molecule has 0 saturated heterocycles.